The highest BCUT2D eigenvalue weighted by Gasteiger charge is 2.62. The van der Waals surface area contributed by atoms with E-state index in [1.807, 2.05) is 6.92 Å². The molecule has 172 valence electrons. The Bertz CT molecular complexity index is 808. The maximum absolute atomic E-state index is 13.2. The van der Waals surface area contributed by atoms with Gasteiger partial charge in [-0.3, -0.25) is 4.79 Å². The number of hydrogen-bond acceptors (Lipinski definition) is 8. The molecule has 11 heteroatoms. The van der Waals surface area contributed by atoms with Gasteiger partial charge in [-0.05, 0) is 64.2 Å². The van der Waals surface area contributed by atoms with Gasteiger partial charge in [0.1, 0.15) is 11.2 Å². The van der Waals surface area contributed by atoms with Crippen LogP contribution in [0.5, 0.6) is 0 Å². The lowest BCUT2D eigenvalue weighted by Gasteiger charge is -2.60. The molecule has 0 saturated heterocycles. The summed E-state index contributed by atoms with van der Waals surface area (Å²) in [7, 11) is -5.96. The molecule has 0 aromatic rings. The number of ether oxygens (including phenoxy) is 3. The summed E-state index contributed by atoms with van der Waals surface area (Å²) in [6.07, 6.45) is 2.57. The van der Waals surface area contributed by atoms with Crippen molar-refractivity contribution >= 4 is 22.2 Å². The molecule has 0 N–H and O–H groups in total. The van der Waals surface area contributed by atoms with E-state index in [0.29, 0.717) is 32.1 Å². The number of alkyl halides is 2. The maximum Gasteiger partial charge on any atom is 0.509 e. The highest BCUT2D eigenvalue weighted by molar-refractivity contribution is 7.86. The molecule has 0 amide bonds. The molecule has 0 aliphatic heterocycles. The molecule has 4 fully saturated rings. The number of esters is 1. The number of rotatable bonds is 7. The Kier molecular flexibility index (Phi) is 5.63. The van der Waals surface area contributed by atoms with Gasteiger partial charge in [-0.2, -0.15) is 8.78 Å². The van der Waals surface area contributed by atoms with E-state index in [-0.39, 0.29) is 24.2 Å². The average molecular weight is 453 g/mol. The normalized spacial score (nSPS) is 33.3. The van der Waals surface area contributed by atoms with Crippen LogP contribution in [0.25, 0.3) is 0 Å². The molecule has 8 nitrogen and oxygen atoms in total. The first-order valence-electron chi connectivity index (χ1n) is 10.0. The quantitative estimate of drug-likeness (QED) is 0.425. The van der Waals surface area contributed by atoms with Gasteiger partial charge < -0.3 is 18.8 Å². The number of carbonyl (C=O) groups excluding carboxylic acids is 2. The van der Waals surface area contributed by atoms with Gasteiger partial charge in [0.15, 0.2) is 16.7 Å². The van der Waals surface area contributed by atoms with Gasteiger partial charge in [0.2, 0.25) is 0 Å². The average Bonchev–Trinajstić information content (AvgIpc) is 2.57. The van der Waals surface area contributed by atoms with E-state index in [4.69, 9.17) is 9.47 Å². The highest BCUT2D eigenvalue weighted by Crippen LogP contribution is 2.60. The van der Waals surface area contributed by atoms with Crippen LogP contribution >= 0.6 is 0 Å². The Morgan fingerprint density at radius 3 is 2.03 bits per heavy atom. The molecule has 0 aromatic heterocycles. The molecule has 2 unspecified atom stereocenters. The van der Waals surface area contributed by atoms with E-state index in [2.05, 4.69) is 4.74 Å². The van der Waals surface area contributed by atoms with Crippen molar-refractivity contribution in [3.8, 4) is 0 Å². The SMILES string of the molecule is CCC(C)(C)C(=O)OC12CC3CC(CC(OC(=O)OCC(F)(F)S(=O)(=O)[O-])(C3)C1)C2. The number of hydrogen-bond donors (Lipinski definition) is 0. The van der Waals surface area contributed by atoms with Gasteiger partial charge in [0, 0.05) is 6.42 Å². The second-order valence-corrected chi connectivity index (χ2v) is 11.2. The molecule has 4 bridgehead atoms. The van der Waals surface area contributed by atoms with Crippen LogP contribution in [0.4, 0.5) is 13.6 Å². The van der Waals surface area contributed by atoms with Gasteiger partial charge in [-0.25, -0.2) is 13.2 Å². The molecule has 0 radical (unpaired) electrons. The first kappa shape index (κ1) is 23.2. The Hall–Kier alpha value is -1.49. The van der Waals surface area contributed by atoms with Crippen LogP contribution in [0.3, 0.4) is 0 Å². The summed E-state index contributed by atoms with van der Waals surface area (Å²) in [5.74, 6) is -0.0231. The Morgan fingerprint density at radius 2 is 1.57 bits per heavy atom. The summed E-state index contributed by atoms with van der Waals surface area (Å²) in [6, 6.07) is 0. The predicted molar refractivity (Wildman–Crippen MR) is 97.4 cm³/mol. The van der Waals surface area contributed by atoms with Gasteiger partial charge in [0.05, 0.1) is 5.41 Å². The minimum absolute atomic E-state index is 0.153. The van der Waals surface area contributed by atoms with Gasteiger partial charge in [0.25, 0.3) is 0 Å². The van der Waals surface area contributed by atoms with Gasteiger partial charge in [-0.1, -0.05) is 6.92 Å². The van der Waals surface area contributed by atoms with E-state index in [1.165, 1.54) is 0 Å². The first-order chi connectivity index (χ1) is 13.6. The van der Waals surface area contributed by atoms with Crippen LogP contribution in [0.1, 0.15) is 65.7 Å². The molecule has 4 saturated carbocycles. The molecule has 0 heterocycles. The molecular weight excluding hydrogens is 426 g/mol. The lowest BCUT2D eigenvalue weighted by atomic mass is 9.52. The van der Waals surface area contributed by atoms with E-state index in [9.17, 15) is 31.3 Å². The van der Waals surface area contributed by atoms with Crippen molar-refractivity contribution in [2.24, 2.45) is 17.3 Å². The lowest BCUT2D eigenvalue weighted by molar-refractivity contribution is -0.229. The van der Waals surface area contributed by atoms with Crippen molar-refractivity contribution in [1.82, 2.24) is 0 Å². The number of halogens is 2. The van der Waals surface area contributed by atoms with Crippen LogP contribution in [0.2, 0.25) is 0 Å². The summed E-state index contributed by atoms with van der Waals surface area (Å²) in [5.41, 5.74) is -2.47. The van der Waals surface area contributed by atoms with Crippen molar-refractivity contribution in [2.75, 3.05) is 6.61 Å². The number of carbonyl (C=O) groups is 2. The van der Waals surface area contributed by atoms with Crippen LogP contribution in [0.15, 0.2) is 0 Å². The zero-order chi connectivity index (χ0) is 22.6. The van der Waals surface area contributed by atoms with E-state index in [1.54, 1.807) is 13.8 Å². The zero-order valence-corrected chi connectivity index (χ0v) is 18.1. The molecule has 30 heavy (non-hydrogen) atoms. The molecular formula is C19H27F2O8S-. The summed E-state index contributed by atoms with van der Waals surface area (Å²) >= 11 is 0. The van der Waals surface area contributed by atoms with Crippen molar-refractivity contribution < 1.29 is 45.6 Å². The molecule has 2 atom stereocenters. The van der Waals surface area contributed by atoms with E-state index in [0.717, 1.165) is 6.42 Å². The maximum atomic E-state index is 13.2. The monoisotopic (exact) mass is 453 g/mol. The largest absolute Gasteiger partial charge is 0.743 e. The minimum Gasteiger partial charge on any atom is -0.743 e. The third-order valence-electron chi connectivity index (χ3n) is 6.72. The highest BCUT2D eigenvalue weighted by atomic mass is 32.2. The third kappa shape index (κ3) is 4.42. The molecule has 4 aliphatic rings. The van der Waals surface area contributed by atoms with E-state index < -0.39 is 44.8 Å². The topological polar surface area (TPSA) is 119 Å². The van der Waals surface area contributed by atoms with Crippen molar-refractivity contribution in [2.45, 2.75) is 82.2 Å². The van der Waals surface area contributed by atoms with Crippen LogP contribution in [-0.2, 0) is 29.1 Å². The summed E-state index contributed by atoms with van der Waals surface area (Å²) in [5, 5.41) is -4.74. The van der Waals surface area contributed by atoms with E-state index >= 15 is 0 Å². The fourth-order valence-corrected chi connectivity index (χ4v) is 5.44. The fraction of sp³-hybridized carbons (Fsp3) is 0.895. The summed E-state index contributed by atoms with van der Waals surface area (Å²) < 4.78 is 73.7. The third-order valence-corrected chi connectivity index (χ3v) is 7.57. The smallest absolute Gasteiger partial charge is 0.509 e. The van der Waals surface area contributed by atoms with Crippen molar-refractivity contribution in [3.63, 3.8) is 0 Å². The van der Waals surface area contributed by atoms with Crippen LogP contribution in [0, 0.1) is 17.3 Å². The zero-order valence-electron chi connectivity index (χ0n) is 17.2. The lowest BCUT2D eigenvalue weighted by Crippen LogP contribution is -2.62. The molecule has 0 spiro atoms. The minimum atomic E-state index is -5.96. The molecule has 0 aromatic carbocycles. The first-order valence-corrected chi connectivity index (χ1v) is 11.4. The Morgan fingerprint density at radius 1 is 1.07 bits per heavy atom. The van der Waals surface area contributed by atoms with Crippen LogP contribution < -0.4 is 0 Å². The van der Waals surface area contributed by atoms with Gasteiger partial charge in [-0.15, -0.1) is 0 Å². The second-order valence-electron chi connectivity index (χ2n) is 9.69. The Labute approximate surface area is 174 Å². The summed E-state index contributed by atoms with van der Waals surface area (Å²) in [6.45, 7) is 3.57. The molecule has 4 aliphatic carbocycles. The van der Waals surface area contributed by atoms with Crippen molar-refractivity contribution in [3.05, 3.63) is 0 Å². The van der Waals surface area contributed by atoms with Crippen LogP contribution in [-0.4, -0.2) is 48.2 Å². The standard InChI is InChI=1S/C19H28F2O8S/c1-4-16(2,3)14(22)28-17-6-12-5-13(7-17)9-18(8-12,10-17)29-15(23)27-11-19(20,21)30(24,25)26/h12-13H,4-11H2,1-3H3,(H,24,25,26)/p-1. The Balaban J connectivity index is 1.70. The summed E-state index contributed by atoms with van der Waals surface area (Å²) in [4.78, 5) is 24.7. The second kappa shape index (κ2) is 7.29. The predicted octanol–water partition coefficient (Wildman–Crippen LogP) is 3.35. The fourth-order valence-electron chi connectivity index (χ4n) is 5.24. The van der Waals surface area contributed by atoms with Gasteiger partial charge >= 0.3 is 17.4 Å². The van der Waals surface area contributed by atoms with Crippen molar-refractivity contribution in [1.29, 1.82) is 0 Å². The molecule has 4 rings (SSSR count).